The number of ketones is 8. The SMILES string of the molecule is C=C(C1CNCCO1)C(C)(C)C.C=C(N1CCOCC1)C(C)(C)C.C=C([C@@H](N)C1CC1)C(C)(C)C.CC(C)(C)C(=O)c1cccnc1.CC(C)C(=O)CC1CCC1.CC(C)C(=O)CC1CCNC1.CC(C)C(=O)CCCN1CCCC1.CC(C)C(=O)CCCN1CCCC1=O.CC(C)C(=O)CCCN1CCOCC1.CC(C)C(=O)CN1CCCC1=O.CC(C)C(=O)Cc1ccncc1.CC(C)C(=O)N(C)C1CCN(C)CC1. The van der Waals surface area contributed by atoms with Crippen LogP contribution < -0.4 is 16.4 Å². The van der Waals surface area contributed by atoms with Crippen molar-refractivity contribution in [1.82, 2.24) is 54.9 Å². The highest BCUT2D eigenvalue weighted by atomic mass is 16.5. The molecular formula is C121H214N12O14. The van der Waals surface area contributed by atoms with Crippen LogP contribution >= 0.6 is 0 Å². The zero-order valence-electron chi connectivity index (χ0n) is 98.7. The first-order valence-electron chi connectivity index (χ1n) is 56.5. The molecule has 2 unspecified atom stereocenters. The Labute approximate surface area is 894 Å². The molecule has 0 bridgehead atoms. The van der Waals surface area contributed by atoms with Crippen LogP contribution in [0.25, 0.3) is 0 Å². The van der Waals surface area contributed by atoms with Crippen molar-refractivity contribution in [3.8, 4) is 0 Å². The van der Waals surface area contributed by atoms with E-state index in [2.05, 4.69) is 129 Å². The topological polar surface area (TPSA) is 314 Å². The van der Waals surface area contributed by atoms with Gasteiger partial charge in [0.05, 0.1) is 45.7 Å². The lowest BCUT2D eigenvalue weighted by Gasteiger charge is -2.36. The minimum absolute atomic E-state index is 0.0402. The number of carbonyl (C=O) groups excluding carboxylic acids is 11. The van der Waals surface area contributed by atoms with Gasteiger partial charge in [0.2, 0.25) is 17.7 Å². The summed E-state index contributed by atoms with van der Waals surface area (Å²) in [4.78, 5) is 147. The van der Waals surface area contributed by atoms with E-state index in [0.29, 0.717) is 78.7 Å². The van der Waals surface area contributed by atoms with Crippen LogP contribution in [0.15, 0.2) is 85.6 Å². The highest BCUT2D eigenvalue weighted by Crippen LogP contribution is 2.39. The van der Waals surface area contributed by atoms with Gasteiger partial charge < -0.3 is 60.0 Å². The van der Waals surface area contributed by atoms with Gasteiger partial charge in [-0.25, -0.2) is 0 Å². The molecule has 3 amide bonds. The number of hydrogen-bond acceptors (Lipinski definition) is 23. The number of piperidine rings is 1. The van der Waals surface area contributed by atoms with E-state index < -0.39 is 0 Å². The van der Waals surface area contributed by atoms with Crippen LogP contribution in [-0.4, -0.2) is 291 Å². The molecule has 10 aliphatic rings. The van der Waals surface area contributed by atoms with Gasteiger partial charge in [-0.05, 0) is 200 Å². The van der Waals surface area contributed by atoms with Crippen molar-refractivity contribution in [2.75, 3.05) is 165 Å². The monoisotopic (exact) mass is 2060 g/mol. The number of Topliss-reactive ketones (excluding diaryl/α,β-unsaturated/α-hetero) is 8. The molecule has 2 aliphatic carbocycles. The van der Waals surface area contributed by atoms with E-state index in [1.165, 1.54) is 81.3 Å². The zero-order valence-corrected chi connectivity index (χ0v) is 98.7. The molecule has 147 heavy (non-hydrogen) atoms. The van der Waals surface area contributed by atoms with Crippen molar-refractivity contribution in [2.24, 2.45) is 92.5 Å². The standard InChI is InChI=1S/C11H22N2O.C11H19NO2.C11H21NO2.C11H21NO.2C10H19NO.2C10H13NO.C10H19N.C9H15NO2.C9H17NO.C9H16O/c1-9(2)11(14)13(4)10-5-7-12(3)8-6-10;1-9(2)10(13)5-3-7-12-8-4-6-11(12)14;1-10(2)11(13)4-3-5-12-6-8-14-9-7-12;1-10(2)11(13)6-5-9-12-7-3-4-8-12;1-9(10(2,3)4)11-5-7-12-8-6-11;1-8(10(2,3)4)9-7-11-5-6-12-9;1-10(2,3)9(12)8-5-4-6-11-7-8;1-8(2)10(12)7-9-3-5-11-6-4-9;1-7(10(2,3)4)9(11)8-5-6-8;1-7(2)8(11)6-10-5-3-4-9(10)12;1-7(2)9(11)5-8-3-4-10-6-8;1-7(2)9(10)6-8-4-3-5-8/h9-10H,5-8H2,1-4H3;9H,3-8H2,1-2H3;10H,3-9H2,1-2H3;10H,3-9H2,1-2H3;1,5-8H2,2-4H3;9,11H,1,5-7H2,2-4H3;4-7H,1-3H3;3-6,8H,7H2,1-2H3;8-9H,1,5-6,11H2,2-4H3;7H,3-6H2,1-2H3;7-8,10H,3-6H2,1-2H3;7-8H,3-6H2,1-2H3/t;;;;;;;;9-;;;/m........1.../s1. The van der Waals surface area contributed by atoms with Crippen molar-refractivity contribution in [1.29, 1.82) is 0 Å². The molecule has 8 saturated heterocycles. The summed E-state index contributed by atoms with van der Waals surface area (Å²) in [6, 6.07) is 8.02. The maximum atomic E-state index is 11.7. The number of amides is 3. The number of aromatic nitrogens is 2. The molecule has 12 rings (SSSR count). The summed E-state index contributed by atoms with van der Waals surface area (Å²) in [6.45, 7) is 90.6. The molecule has 2 aromatic heterocycles. The number of nitrogens with one attached hydrogen (secondary N) is 2. The molecule has 0 aromatic carbocycles. The van der Waals surface area contributed by atoms with E-state index in [1.807, 2.05) is 161 Å². The summed E-state index contributed by atoms with van der Waals surface area (Å²) >= 11 is 0. The Hall–Kier alpha value is -7.27. The average Bonchev–Trinajstić information content (AvgIpc) is 1.69. The Morgan fingerprint density at radius 2 is 0.912 bits per heavy atom. The van der Waals surface area contributed by atoms with Crippen LogP contribution in [0.5, 0.6) is 0 Å². The first-order valence-corrected chi connectivity index (χ1v) is 56.5. The van der Waals surface area contributed by atoms with Gasteiger partial charge in [0, 0.05) is 224 Å². The maximum absolute atomic E-state index is 11.7. The molecule has 26 nitrogen and oxygen atoms in total. The third-order valence-electron chi connectivity index (χ3n) is 28.4. The number of carbonyl (C=O) groups is 11. The molecule has 10 heterocycles. The van der Waals surface area contributed by atoms with Crippen molar-refractivity contribution < 1.29 is 67.0 Å². The number of nitrogens with two attached hydrogens (primary N) is 1. The summed E-state index contributed by atoms with van der Waals surface area (Å²) in [5.74, 6) is 6.60. The quantitative estimate of drug-likeness (QED) is 0.0433. The molecule has 8 aliphatic heterocycles. The first-order chi connectivity index (χ1) is 68.7. The third-order valence-corrected chi connectivity index (χ3v) is 28.4. The second-order valence-electron chi connectivity index (χ2n) is 48.4. The van der Waals surface area contributed by atoms with E-state index in [9.17, 15) is 52.7 Å². The molecular weight excluding hydrogens is 1850 g/mol. The van der Waals surface area contributed by atoms with Gasteiger partial charge in [0.1, 0.15) is 34.7 Å². The van der Waals surface area contributed by atoms with Gasteiger partial charge in [-0.3, -0.25) is 67.6 Å². The second-order valence-corrected chi connectivity index (χ2v) is 48.4. The molecule has 0 spiro atoms. The summed E-state index contributed by atoms with van der Waals surface area (Å²) in [5, 5.41) is 6.57. The Balaban J connectivity index is 0.000000803. The fourth-order valence-corrected chi connectivity index (χ4v) is 16.5. The average molecular weight is 2060 g/mol. The fourth-order valence-electron chi connectivity index (χ4n) is 16.5. The van der Waals surface area contributed by atoms with Crippen LogP contribution in [0.1, 0.15) is 351 Å². The number of ether oxygens (including phenoxy) is 3. The molecule has 4 N–H and O–H groups in total. The molecule has 842 valence electrons. The van der Waals surface area contributed by atoms with E-state index in [4.69, 9.17) is 19.9 Å². The van der Waals surface area contributed by atoms with E-state index in [-0.39, 0.29) is 116 Å². The normalized spacial score (nSPS) is 18.5. The van der Waals surface area contributed by atoms with Gasteiger partial charge in [0.25, 0.3) is 0 Å². The predicted octanol–water partition coefficient (Wildman–Crippen LogP) is 20.6. The third kappa shape index (κ3) is 62.5. The largest absolute Gasteiger partial charge is 0.379 e. The van der Waals surface area contributed by atoms with E-state index >= 15 is 0 Å². The van der Waals surface area contributed by atoms with E-state index in [1.54, 1.807) is 41.8 Å². The Bertz CT molecular complexity index is 4030. The van der Waals surface area contributed by atoms with Crippen molar-refractivity contribution >= 4 is 64.0 Å². The first kappa shape index (κ1) is 138. The van der Waals surface area contributed by atoms with Crippen LogP contribution in [0.2, 0.25) is 0 Å². The van der Waals surface area contributed by atoms with Gasteiger partial charge in [-0.2, -0.15) is 0 Å². The molecule has 0 radical (unpaired) electrons. The number of allylic oxidation sites excluding steroid dienone is 1. The summed E-state index contributed by atoms with van der Waals surface area (Å²) in [7, 11) is 4.08. The van der Waals surface area contributed by atoms with Gasteiger partial charge in [-0.1, -0.05) is 238 Å². The van der Waals surface area contributed by atoms with Gasteiger partial charge >= 0.3 is 0 Å². The van der Waals surface area contributed by atoms with E-state index in [0.717, 1.165) is 219 Å². The van der Waals surface area contributed by atoms with Crippen molar-refractivity contribution in [2.45, 2.75) is 360 Å². The summed E-state index contributed by atoms with van der Waals surface area (Å²) in [6.07, 6.45) is 29.9. The Morgan fingerprint density at radius 1 is 0.456 bits per heavy atom. The molecule has 26 heteroatoms. The van der Waals surface area contributed by atoms with Gasteiger partial charge in [0.15, 0.2) is 11.6 Å². The maximum Gasteiger partial charge on any atom is 0.225 e. The minimum Gasteiger partial charge on any atom is -0.379 e. The molecule has 10 fully saturated rings. The van der Waals surface area contributed by atoms with Crippen molar-refractivity contribution in [3.05, 3.63) is 96.8 Å². The molecule has 2 saturated carbocycles. The van der Waals surface area contributed by atoms with Crippen molar-refractivity contribution in [3.63, 3.8) is 0 Å². The lowest BCUT2D eigenvalue weighted by atomic mass is 9.80. The van der Waals surface area contributed by atoms with Gasteiger partial charge in [-0.15, -0.1) is 0 Å². The highest BCUT2D eigenvalue weighted by Gasteiger charge is 2.35. The Kier molecular flexibility index (Phi) is 69.2. The zero-order chi connectivity index (χ0) is 111. The smallest absolute Gasteiger partial charge is 0.225 e. The number of morpholine rings is 3. The highest BCUT2D eigenvalue weighted by molar-refractivity contribution is 5.99. The van der Waals surface area contributed by atoms with Crippen LogP contribution in [0.3, 0.4) is 0 Å². The number of rotatable bonds is 34. The second kappa shape index (κ2) is 73.9. The van der Waals surface area contributed by atoms with Crippen LogP contribution in [0, 0.1) is 86.8 Å². The Morgan fingerprint density at radius 3 is 1.29 bits per heavy atom. The lowest BCUT2D eigenvalue weighted by Crippen LogP contribution is -2.45. The number of pyridine rings is 2. The fraction of sp³-hybridized carbons (Fsp3) is 0.777. The number of hydrogen-bond donors (Lipinski definition) is 3. The number of nitrogens with zero attached hydrogens (tertiary/aromatic N) is 9. The van der Waals surface area contributed by atoms with Crippen LogP contribution in [0.4, 0.5) is 0 Å². The molecule has 3 atom stereocenters. The van der Waals surface area contributed by atoms with Crippen LogP contribution in [-0.2, 0) is 68.6 Å². The molecule has 2 aromatic rings. The lowest BCUT2D eigenvalue weighted by molar-refractivity contribution is -0.136. The minimum atomic E-state index is -0.316. The predicted molar refractivity (Wildman–Crippen MR) is 604 cm³/mol. The summed E-state index contributed by atoms with van der Waals surface area (Å²) in [5.41, 5.74) is 11.6. The summed E-state index contributed by atoms with van der Waals surface area (Å²) < 4.78 is 16.1. The number of likely N-dealkylation sites (tertiary alicyclic amines) is 4.